The van der Waals surface area contributed by atoms with Crippen molar-refractivity contribution in [1.82, 2.24) is 4.34 Å². The third-order valence-electron chi connectivity index (χ3n) is 2.26. The van der Waals surface area contributed by atoms with Crippen LogP contribution in [0.25, 0.3) is 0 Å². The molecular formula is C12H14BrF2NO2S. The van der Waals surface area contributed by atoms with Gasteiger partial charge in [0.2, 0.25) is 0 Å². The number of hydrogen-bond acceptors (Lipinski definition) is 4. The third-order valence-corrected chi connectivity index (χ3v) is 3.87. The molecule has 0 saturated carbocycles. The van der Waals surface area contributed by atoms with Gasteiger partial charge in [0.1, 0.15) is 0 Å². The molecule has 1 N–H and O–H groups in total. The van der Waals surface area contributed by atoms with Gasteiger partial charge in [-0.2, -0.15) is 0 Å². The summed E-state index contributed by atoms with van der Waals surface area (Å²) in [4.78, 5) is 11.7. The van der Waals surface area contributed by atoms with Crippen LogP contribution in [0.3, 0.4) is 0 Å². The maximum absolute atomic E-state index is 13.0. The molecule has 0 atom stereocenters. The molecule has 1 rings (SSSR count). The summed E-state index contributed by atoms with van der Waals surface area (Å²) in [6, 6.07) is 0. The maximum Gasteiger partial charge on any atom is 0.316 e. The Bertz CT molecular complexity index is 422. The summed E-state index contributed by atoms with van der Waals surface area (Å²) in [6.07, 6.45) is 2.54. The molecule has 0 aliphatic heterocycles. The Morgan fingerprint density at radius 3 is 2.89 bits per heavy atom. The van der Waals surface area contributed by atoms with Crippen LogP contribution < -0.4 is 4.34 Å². The smallest absolute Gasteiger partial charge is 0.316 e. The number of rotatable bonds is 6. The molecule has 0 spiro atoms. The molecule has 0 aromatic heterocycles. The summed E-state index contributed by atoms with van der Waals surface area (Å²) in [5.74, 6) is -0.376. The number of halogens is 3. The lowest BCUT2D eigenvalue weighted by Gasteiger charge is -2.09. The summed E-state index contributed by atoms with van der Waals surface area (Å²) in [5.41, 5.74) is 0.692. The van der Waals surface area contributed by atoms with Gasteiger partial charge in [0.25, 0.3) is 6.43 Å². The fourth-order valence-corrected chi connectivity index (χ4v) is 2.57. The molecule has 0 fully saturated rings. The van der Waals surface area contributed by atoms with Crippen molar-refractivity contribution in [3.8, 4) is 0 Å². The van der Waals surface area contributed by atoms with E-state index in [1.807, 2.05) is 0 Å². The van der Waals surface area contributed by atoms with Crippen LogP contribution in [-0.4, -0.2) is 24.8 Å². The number of esters is 1. The first-order chi connectivity index (χ1) is 9.08. The molecule has 0 unspecified atom stereocenters. The Hall–Kier alpha value is -0.820. The molecule has 0 aromatic rings. The molecule has 7 heteroatoms. The van der Waals surface area contributed by atoms with Gasteiger partial charge in [-0.3, -0.25) is 4.79 Å². The number of alkyl halides is 2. The molecule has 1 aliphatic carbocycles. The minimum atomic E-state index is -2.58. The van der Waals surface area contributed by atoms with Crippen molar-refractivity contribution in [3.63, 3.8) is 0 Å². The topological polar surface area (TPSA) is 38.3 Å². The highest BCUT2D eigenvalue weighted by molar-refractivity contribution is 9.08. The highest BCUT2D eigenvalue weighted by Gasteiger charge is 2.19. The Kier molecular flexibility index (Phi) is 7.15. The van der Waals surface area contributed by atoms with E-state index in [9.17, 15) is 13.6 Å². The molecule has 19 heavy (non-hydrogen) atoms. The first-order valence-corrected chi connectivity index (χ1v) is 7.40. The van der Waals surface area contributed by atoms with Crippen molar-refractivity contribution in [2.45, 2.75) is 19.8 Å². The third kappa shape index (κ3) is 5.36. The molecule has 0 aromatic carbocycles. The van der Waals surface area contributed by atoms with Gasteiger partial charge in [0.05, 0.1) is 12.4 Å². The molecule has 3 nitrogen and oxygen atoms in total. The summed E-state index contributed by atoms with van der Waals surface area (Å²) in [5, 5.41) is 0. The number of nitrogens with one attached hydrogen (secondary N) is 1. The Morgan fingerprint density at radius 2 is 2.32 bits per heavy atom. The lowest BCUT2D eigenvalue weighted by atomic mass is 10.2. The normalized spacial score (nSPS) is 15.3. The second-order valence-electron chi connectivity index (χ2n) is 3.58. The van der Waals surface area contributed by atoms with Crippen molar-refractivity contribution < 1.29 is 18.3 Å². The van der Waals surface area contributed by atoms with Crippen molar-refractivity contribution in [1.29, 1.82) is 0 Å². The number of ether oxygens (including phenoxy) is 1. The molecule has 0 radical (unpaired) electrons. The zero-order valence-corrected chi connectivity index (χ0v) is 12.7. The summed E-state index contributed by atoms with van der Waals surface area (Å²) in [6.45, 7) is 1.99. The van der Waals surface area contributed by atoms with Crippen molar-refractivity contribution >= 4 is 33.9 Å². The van der Waals surface area contributed by atoms with E-state index in [1.54, 1.807) is 19.1 Å². The number of allylic oxidation sites excluding steroid dienone is 4. The first kappa shape index (κ1) is 16.2. The van der Waals surface area contributed by atoms with Gasteiger partial charge in [-0.15, -0.1) is 11.8 Å². The van der Waals surface area contributed by atoms with E-state index in [2.05, 4.69) is 20.5 Å². The summed E-state index contributed by atoms with van der Waals surface area (Å²) >= 11 is 4.13. The molecule has 0 saturated heterocycles. The summed E-state index contributed by atoms with van der Waals surface area (Å²) in [7, 11) is 0. The Balaban J connectivity index is 2.74. The van der Waals surface area contributed by atoms with Gasteiger partial charge in [-0.05, 0) is 13.0 Å². The Morgan fingerprint density at radius 1 is 1.58 bits per heavy atom. The van der Waals surface area contributed by atoms with Gasteiger partial charge in [-0.25, -0.2) is 8.78 Å². The zero-order valence-electron chi connectivity index (χ0n) is 10.3. The van der Waals surface area contributed by atoms with Crippen LogP contribution in [0.4, 0.5) is 8.78 Å². The lowest BCUT2D eigenvalue weighted by Crippen LogP contribution is -2.08. The molecule has 0 bridgehead atoms. The van der Waals surface area contributed by atoms with Gasteiger partial charge in [0, 0.05) is 38.7 Å². The van der Waals surface area contributed by atoms with Gasteiger partial charge < -0.3 is 9.08 Å². The van der Waals surface area contributed by atoms with Gasteiger partial charge in [-0.1, -0.05) is 12.2 Å². The molecule has 106 valence electrons. The fourth-order valence-electron chi connectivity index (χ4n) is 1.39. The molecule has 0 amide bonds. The predicted octanol–water partition coefficient (Wildman–Crippen LogP) is 3.55. The standard InChI is InChI=1S/C12H14BrF2NO2S/c1-2-18-11(17)7-19-10-6-4-8(16-13)3-5-9(10)12(14)15/h3,5-6,12,16H,2,4,7H2,1H3. The SMILES string of the molecule is CCOC(=O)CSC1=CCC(NBr)=CC=C1C(F)F. The van der Waals surface area contributed by atoms with E-state index in [0.717, 1.165) is 17.5 Å². The minimum Gasteiger partial charge on any atom is -0.465 e. The zero-order chi connectivity index (χ0) is 14.3. The van der Waals surface area contributed by atoms with Crippen LogP contribution in [-0.2, 0) is 9.53 Å². The second kappa shape index (κ2) is 8.37. The summed E-state index contributed by atoms with van der Waals surface area (Å²) < 4.78 is 33.4. The quantitative estimate of drug-likeness (QED) is 0.585. The van der Waals surface area contributed by atoms with Crippen molar-refractivity contribution in [2.24, 2.45) is 0 Å². The van der Waals surface area contributed by atoms with Crippen LogP contribution >= 0.6 is 27.9 Å². The van der Waals surface area contributed by atoms with E-state index in [0.29, 0.717) is 11.3 Å². The maximum atomic E-state index is 13.0. The lowest BCUT2D eigenvalue weighted by molar-refractivity contribution is -0.139. The monoisotopic (exact) mass is 353 g/mol. The van der Waals surface area contributed by atoms with Gasteiger partial charge in [0.15, 0.2) is 0 Å². The molecule has 0 heterocycles. The van der Waals surface area contributed by atoms with E-state index in [4.69, 9.17) is 4.74 Å². The fraction of sp³-hybridized carbons (Fsp3) is 0.417. The van der Waals surface area contributed by atoms with Crippen molar-refractivity contribution in [2.75, 3.05) is 12.4 Å². The second-order valence-corrected chi connectivity index (χ2v) is 4.99. The highest BCUT2D eigenvalue weighted by Crippen LogP contribution is 2.31. The average molecular weight is 354 g/mol. The minimum absolute atomic E-state index is 0.0286. The predicted molar refractivity (Wildman–Crippen MR) is 76.0 cm³/mol. The van der Waals surface area contributed by atoms with Crippen LogP contribution in [0.2, 0.25) is 0 Å². The largest absolute Gasteiger partial charge is 0.465 e. The van der Waals surface area contributed by atoms with Gasteiger partial charge >= 0.3 is 5.97 Å². The Labute approximate surface area is 123 Å². The van der Waals surface area contributed by atoms with E-state index >= 15 is 0 Å². The van der Waals surface area contributed by atoms with Crippen LogP contribution in [0.15, 0.2) is 34.4 Å². The first-order valence-electron chi connectivity index (χ1n) is 5.63. The van der Waals surface area contributed by atoms with E-state index in [1.165, 1.54) is 6.08 Å². The van der Waals surface area contributed by atoms with Crippen LogP contribution in [0, 0.1) is 0 Å². The number of carbonyl (C=O) groups is 1. The number of carbonyl (C=O) groups excluding carboxylic acids is 1. The molecule has 1 aliphatic rings. The number of hydrogen-bond donors (Lipinski definition) is 1. The van der Waals surface area contributed by atoms with Crippen LogP contribution in [0.5, 0.6) is 0 Å². The van der Waals surface area contributed by atoms with Crippen LogP contribution in [0.1, 0.15) is 13.3 Å². The molecular weight excluding hydrogens is 340 g/mol. The van der Waals surface area contributed by atoms with E-state index < -0.39 is 12.4 Å². The van der Waals surface area contributed by atoms with E-state index in [-0.39, 0.29) is 17.9 Å². The van der Waals surface area contributed by atoms with Crippen molar-refractivity contribution in [3.05, 3.63) is 34.4 Å². The number of thioether (sulfide) groups is 1. The average Bonchev–Trinajstić information content (AvgIpc) is 2.58. The highest BCUT2D eigenvalue weighted by atomic mass is 79.9.